The Kier molecular flexibility index (Phi) is 4.24. The first-order chi connectivity index (χ1) is 12.4. The molecule has 0 unspecified atom stereocenters. The van der Waals surface area contributed by atoms with Gasteiger partial charge in [-0.3, -0.25) is 4.98 Å². The van der Waals surface area contributed by atoms with Gasteiger partial charge in [0, 0.05) is 22.8 Å². The van der Waals surface area contributed by atoms with Gasteiger partial charge in [-0.25, -0.2) is 0 Å². The van der Waals surface area contributed by atoms with E-state index in [-0.39, 0.29) is 27.8 Å². The van der Waals surface area contributed by atoms with Crippen molar-refractivity contribution < 1.29 is 29.7 Å². The van der Waals surface area contributed by atoms with Crippen molar-refractivity contribution in [2.24, 2.45) is 0 Å². The fourth-order valence-electron chi connectivity index (χ4n) is 2.44. The van der Waals surface area contributed by atoms with Crippen LogP contribution in [0, 0.1) is 0 Å². The van der Waals surface area contributed by atoms with E-state index in [1.807, 2.05) is 0 Å². The van der Waals surface area contributed by atoms with Crippen LogP contribution in [0.25, 0.3) is 10.9 Å². The number of rotatable bonds is 5. The van der Waals surface area contributed by atoms with Gasteiger partial charge in [-0.1, -0.05) is 18.2 Å². The van der Waals surface area contributed by atoms with Crippen molar-refractivity contribution in [1.29, 1.82) is 0 Å². The first-order valence-electron chi connectivity index (χ1n) is 7.30. The van der Waals surface area contributed by atoms with Gasteiger partial charge in [0.1, 0.15) is 0 Å². The summed E-state index contributed by atoms with van der Waals surface area (Å²) < 4.78 is 0. The van der Waals surface area contributed by atoms with Gasteiger partial charge in [-0.15, -0.1) is 0 Å². The average Bonchev–Trinajstić information content (AvgIpc) is 2.61. The molecule has 0 spiro atoms. The lowest BCUT2D eigenvalue weighted by Gasteiger charge is -2.16. The van der Waals surface area contributed by atoms with Gasteiger partial charge in [0.15, 0.2) is 0 Å². The Morgan fingerprint density at radius 1 is 0.808 bits per heavy atom. The van der Waals surface area contributed by atoms with Crippen LogP contribution in [-0.2, 0) is 0 Å². The number of aromatic carboxylic acids is 3. The fraction of sp³-hybridized carbons (Fsp3) is 0. The van der Waals surface area contributed by atoms with Crippen LogP contribution >= 0.6 is 0 Å². The highest BCUT2D eigenvalue weighted by Crippen LogP contribution is 2.29. The summed E-state index contributed by atoms with van der Waals surface area (Å²) in [7, 11) is 0. The lowest BCUT2D eigenvalue weighted by molar-refractivity contribution is -0.256. The van der Waals surface area contributed by atoms with Crippen molar-refractivity contribution in [3.05, 3.63) is 65.4 Å². The van der Waals surface area contributed by atoms with Crippen molar-refractivity contribution in [2.45, 2.75) is 0 Å². The highest BCUT2D eigenvalue weighted by Gasteiger charge is 2.12. The minimum atomic E-state index is -1.51. The standard InChI is InChI=1S/C18H12N2O6/c21-16(22)9-1-4-11(5-2-9)20-15-12-7-10(17(23)24)3-6-14(12)19-8-13(15)18(25)26/h1-8H,(H,19,20)(H,21,22)(H,23,24)(H,25,26)/p-3. The lowest BCUT2D eigenvalue weighted by Crippen LogP contribution is -2.24. The number of aromatic nitrogens is 1. The SMILES string of the molecule is O=C([O-])c1ccc(Nc2c(C(=O)[O-])cnc3ccc(C(=O)[O-])cc23)cc1. The van der Waals surface area contributed by atoms with E-state index < -0.39 is 17.9 Å². The first kappa shape index (κ1) is 16.9. The van der Waals surface area contributed by atoms with Crippen LogP contribution in [0.15, 0.2) is 48.7 Å². The molecule has 0 radical (unpaired) electrons. The molecule has 3 rings (SSSR count). The summed E-state index contributed by atoms with van der Waals surface area (Å²) in [5.74, 6) is -4.28. The zero-order valence-electron chi connectivity index (χ0n) is 13.0. The Hall–Kier alpha value is -3.94. The lowest BCUT2D eigenvalue weighted by atomic mass is 10.1. The number of nitrogens with zero attached hydrogens (tertiary/aromatic N) is 1. The molecule has 26 heavy (non-hydrogen) atoms. The third-order valence-electron chi connectivity index (χ3n) is 3.71. The number of hydrogen-bond acceptors (Lipinski definition) is 8. The van der Waals surface area contributed by atoms with Crippen LogP contribution in [0.5, 0.6) is 0 Å². The van der Waals surface area contributed by atoms with Crippen molar-refractivity contribution in [3.63, 3.8) is 0 Å². The smallest absolute Gasteiger partial charge is 0.0752 e. The highest BCUT2D eigenvalue weighted by atomic mass is 16.4. The van der Waals surface area contributed by atoms with Crippen LogP contribution in [0.1, 0.15) is 31.1 Å². The number of carbonyl (C=O) groups is 3. The number of anilines is 2. The molecule has 0 saturated heterocycles. The van der Waals surface area contributed by atoms with Crippen LogP contribution in [-0.4, -0.2) is 22.9 Å². The molecule has 1 heterocycles. The fourth-order valence-corrected chi connectivity index (χ4v) is 2.44. The van der Waals surface area contributed by atoms with Crippen molar-refractivity contribution >= 4 is 40.2 Å². The molecule has 2 aromatic carbocycles. The van der Waals surface area contributed by atoms with E-state index in [2.05, 4.69) is 10.3 Å². The first-order valence-corrected chi connectivity index (χ1v) is 7.30. The van der Waals surface area contributed by atoms with Gasteiger partial charge in [0.2, 0.25) is 0 Å². The van der Waals surface area contributed by atoms with Gasteiger partial charge < -0.3 is 35.0 Å². The molecule has 1 N–H and O–H groups in total. The molecule has 130 valence electrons. The van der Waals surface area contributed by atoms with E-state index in [0.717, 1.165) is 6.20 Å². The number of carbonyl (C=O) groups excluding carboxylic acids is 3. The molecule has 3 aromatic rings. The summed E-state index contributed by atoms with van der Waals surface area (Å²) in [5.41, 5.74) is 0.327. The number of fused-ring (bicyclic) bond motifs is 1. The Bertz CT molecular complexity index is 1040. The third kappa shape index (κ3) is 3.16. The van der Waals surface area contributed by atoms with Crippen LogP contribution < -0.4 is 20.6 Å². The molecule has 0 atom stereocenters. The van der Waals surface area contributed by atoms with Crippen LogP contribution in [0.4, 0.5) is 11.4 Å². The second-order valence-corrected chi connectivity index (χ2v) is 5.34. The maximum Gasteiger partial charge on any atom is 0.0752 e. The van der Waals surface area contributed by atoms with E-state index >= 15 is 0 Å². The van der Waals surface area contributed by atoms with Crippen LogP contribution in [0.3, 0.4) is 0 Å². The quantitative estimate of drug-likeness (QED) is 0.621. The summed E-state index contributed by atoms with van der Waals surface area (Å²) >= 11 is 0. The molecule has 8 nitrogen and oxygen atoms in total. The summed E-state index contributed by atoms with van der Waals surface area (Å²) in [6, 6.07) is 9.35. The van der Waals surface area contributed by atoms with E-state index in [1.165, 1.54) is 42.5 Å². The molecule has 0 aliphatic heterocycles. The molecule has 0 amide bonds. The maximum atomic E-state index is 11.4. The van der Waals surface area contributed by atoms with E-state index in [4.69, 9.17) is 0 Å². The molecule has 8 heteroatoms. The van der Waals surface area contributed by atoms with Gasteiger partial charge in [-0.2, -0.15) is 0 Å². The molecule has 0 saturated carbocycles. The Morgan fingerprint density at radius 2 is 1.42 bits per heavy atom. The number of hydrogen-bond donors (Lipinski definition) is 1. The molecular weight excluding hydrogens is 340 g/mol. The molecule has 0 fully saturated rings. The Labute approximate surface area is 146 Å². The minimum absolute atomic E-state index is 0.0468. The molecule has 0 aliphatic rings. The summed E-state index contributed by atoms with van der Waals surface area (Å²) in [4.78, 5) is 37.3. The van der Waals surface area contributed by atoms with E-state index in [0.29, 0.717) is 11.2 Å². The number of carboxylic acids is 3. The van der Waals surface area contributed by atoms with Gasteiger partial charge in [0.05, 0.1) is 29.1 Å². The van der Waals surface area contributed by atoms with Gasteiger partial charge in [0.25, 0.3) is 0 Å². The second kappa shape index (κ2) is 6.52. The molecule has 0 bridgehead atoms. The number of carboxylic acid groups (broad SMARTS) is 3. The highest BCUT2D eigenvalue weighted by molar-refractivity contribution is 6.06. The van der Waals surface area contributed by atoms with Gasteiger partial charge >= 0.3 is 0 Å². The number of nitrogens with one attached hydrogen (secondary N) is 1. The zero-order valence-corrected chi connectivity index (χ0v) is 13.0. The number of pyridine rings is 1. The van der Waals surface area contributed by atoms with E-state index in [1.54, 1.807) is 0 Å². The minimum Gasteiger partial charge on any atom is -0.545 e. The largest absolute Gasteiger partial charge is 0.545 e. The third-order valence-corrected chi connectivity index (χ3v) is 3.71. The van der Waals surface area contributed by atoms with Crippen molar-refractivity contribution in [1.82, 2.24) is 4.98 Å². The average molecular weight is 349 g/mol. The topological polar surface area (TPSA) is 145 Å². The van der Waals surface area contributed by atoms with Crippen molar-refractivity contribution in [3.8, 4) is 0 Å². The maximum absolute atomic E-state index is 11.4. The van der Waals surface area contributed by atoms with E-state index in [9.17, 15) is 29.7 Å². The summed E-state index contributed by atoms with van der Waals surface area (Å²) in [6.07, 6.45) is 1.09. The number of benzene rings is 2. The van der Waals surface area contributed by atoms with Gasteiger partial charge in [-0.05, 0) is 35.4 Å². The molecular formula is C18H9N2O6-3. The second-order valence-electron chi connectivity index (χ2n) is 5.34. The van der Waals surface area contributed by atoms with Crippen LogP contribution in [0.2, 0.25) is 0 Å². The van der Waals surface area contributed by atoms with Crippen molar-refractivity contribution in [2.75, 3.05) is 5.32 Å². The Morgan fingerprint density at radius 3 is 2.00 bits per heavy atom. The predicted octanol–water partition coefficient (Wildman–Crippen LogP) is -0.931. The predicted molar refractivity (Wildman–Crippen MR) is 84.5 cm³/mol. The summed E-state index contributed by atoms with van der Waals surface area (Å²) in [6.45, 7) is 0. The molecule has 1 aromatic heterocycles. The summed E-state index contributed by atoms with van der Waals surface area (Å²) in [5, 5.41) is 36.4. The monoisotopic (exact) mass is 349 g/mol. The normalized spacial score (nSPS) is 10.5. The molecule has 0 aliphatic carbocycles. The Balaban J connectivity index is 2.15. The zero-order chi connectivity index (χ0) is 18.8.